The lowest BCUT2D eigenvalue weighted by Crippen LogP contribution is -2.36. The number of fused-ring (bicyclic) bond motifs is 2. The molecule has 2 aliphatic carbocycles. The van der Waals surface area contributed by atoms with Crippen LogP contribution in [0.3, 0.4) is 0 Å². The van der Waals surface area contributed by atoms with Gasteiger partial charge in [0.15, 0.2) is 0 Å². The van der Waals surface area contributed by atoms with Crippen molar-refractivity contribution < 1.29 is 14.3 Å². The summed E-state index contributed by atoms with van der Waals surface area (Å²) in [6.45, 7) is 1.75. The molecule has 3 unspecified atom stereocenters. The van der Waals surface area contributed by atoms with Gasteiger partial charge in [0, 0.05) is 25.6 Å². The average Bonchev–Trinajstić information content (AvgIpc) is 3.24. The van der Waals surface area contributed by atoms with Crippen molar-refractivity contribution in [2.75, 3.05) is 18.0 Å². The summed E-state index contributed by atoms with van der Waals surface area (Å²) in [7, 11) is 0. The molecule has 3 aliphatic rings. The van der Waals surface area contributed by atoms with Gasteiger partial charge >= 0.3 is 0 Å². The molecule has 1 aliphatic heterocycles. The summed E-state index contributed by atoms with van der Waals surface area (Å²) in [5, 5.41) is 12.6. The molecule has 1 aromatic carbocycles. The van der Waals surface area contributed by atoms with Gasteiger partial charge in [0.25, 0.3) is 0 Å². The van der Waals surface area contributed by atoms with Crippen molar-refractivity contribution in [3.8, 4) is 0 Å². The second-order valence-corrected chi connectivity index (χ2v) is 8.00. The molecular formula is C20H27FN2O2. The van der Waals surface area contributed by atoms with Gasteiger partial charge in [-0.1, -0.05) is 12.5 Å². The maximum atomic E-state index is 14.5. The van der Waals surface area contributed by atoms with Crippen LogP contribution in [0.15, 0.2) is 18.2 Å². The molecule has 1 saturated heterocycles. The minimum Gasteiger partial charge on any atom is -0.393 e. The van der Waals surface area contributed by atoms with Crippen LogP contribution >= 0.6 is 0 Å². The van der Waals surface area contributed by atoms with Crippen molar-refractivity contribution in [2.24, 2.45) is 17.8 Å². The van der Waals surface area contributed by atoms with Crippen LogP contribution in [0.4, 0.5) is 10.1 Å². The Kier molecular flexibility index (Phi) is 4.67. The number of nitrogens with zero attached hydrogens (tertiary/aromatic N) is 1. The zero-order valence-corrected chi connectivity index (χ0v) is 14.6. The number of hydrogen-bond acceptors (Lipinski definition) is 3. The smallest absolute Gasteiger partial charge is 0.223 e. The van der Waals surface area contributed by atoms with Gasteiger partial charge in [-0.05, 0) is 61.6 Å². The number of benzene rings is 1. The molecule has 2 saturated carbocycles. The Labute approximate surface area is 148 Å². The molecule has 3 fully saturated rings. The van der Waals surface area contributed by atoms with E-state index in [2.05, 4.69) is 5.32 Å². The van der Waals surface area contributed by atoms with Crippen molar-refractivity contribution in [1.82, 2.24) is 5.32 Å². The van der Waals surface area contributed by atoms with E-state index in [-0.39, 0.29) is 23.7 Å². The van der Waals surface area contributed by atoms with E-state index in [9.17, 15) is 14.3 Å². The van der Waals surface area contributed by atoms with Crippen LogP contribution in [0, 0.1) is 23.6 Å². The van der Waals surface area contributed by atoms with Gasteiger partial charge in [0.05, 0.1) is 11.8 Å². The third-order valence-corrected chi connectivity index (χ3v) is 6.36. The van der Waals surface area contributed by atoms with Crippen LogP contribution in [-0.4, -0.2) is 30.2 Å². The highest BCUT2D eigenvalue weighted by atomic mass is 19.1. The first-order valence-corrected chi connectivity index (χ1v) is 9.59. The molecule has 2 bridgehead atoms. The summed E-state index contributed by atoms with van der Waals surface area (Å²) in [5.74, 6) is 1.38. The lowest BCUT2D eigenvalue weighted by atomic mass is 9.88. The van der Waals surface area contributed by atoms with Crippen LogP contribution in [0.5, 0.6) is 0 Å². The Balaban J connectivity index is 1.34. The molecule has 4 nitrogen and oxygen atoms in total. The summed E-state index contributed by atoms with van der Waals surface area (Å²) in [5.41, 5.74) is 1.39. The molecule has 4 rings (SSSR count). The fourth-order valence-electron chi connectivity index (χ4n) is 4.91. The lowest BCUT2D eigenvalue weighted by molar-refractivity contribution is -0.126. The zero-order valence-electron chi connectivity index (χ0n) is 14.6. The van der Waals surface area contributed by atoms with Crippen molar-refractivity contribution in [1.29, 1.82) is 0 Å². The third-order valence-electron chi connectivity index (χ3n) is 6.36. The largest absolute Gasteiger partial charge is 0.393 e. The topological polar surface area (TPSA) is 52.6 Å². The number of anilines is 1. The number of halogens is 1. The Hall–Kier alpha value is -1.62. The molecule has 3 atom stereocenters. The number of carbonyl (C=O) groups excluding carboxylic acids is 1. The number of carbonyl (C=O) groups is 1. The summed E-state index contributed by atoms with van der Waals surface area (Å²) >= 11 is 0. The number of rotatable bonds is 4. The average molecular weight is 346 g/mol. The fourth-order valence-corrected chi connectivity index (χ4v) is 4.91. The van der Waals surface area contributed by atoms with Gasteiger partial charge in [-0.25, -0.2) is 4.39 Å². The summed E-state index contributed by atoms with van der Waals surface area (Å²) in [4.78, 5) is 14.4. The highest BCUT2D eigenvalue weighted by Crippen LogP contribution is 2.48. The van der Waals surface area contributed by atoms with Crippen LogP contribution in [0.2, 0.25) is 0 Å². The van der Waals surface area contributed by atoms with Gasteiger partial charge in [0.2, 0.25) is 5.91 Å². The van der Waals surface area contributed by atoms with Crippen molar-refractivity contribution in [3.05, 3.63) is 29.6 Å². The minimum atomic E-state index is -0.264. The van der Waals surface area contributed by atoms with E-state index >= 15 is 0 Å². The minimum absolute atomic E-state index is 0.140. The van der Waals surface area contributed by atoms with Gasteiger partial charge in [0.1, 0.15) is 5.82 Å². The Bertz CT molecular complexity index is 643. The van der Waals surface area contributed by atoms with E-state index in [0.29, 0.717) is 44.1 Å². The summed E-state index contributed by atoms with van der Waals surface area (Å²) in [6, 6.07) is 5.22. The van der Waals surface area contributed by atoms with Gasteiger partial charge in [-0.2, -0.15) is 0 Å². The van der Waals surface area contributed by atoms with E-state index in [1.807, 2.05) is 11.0 Å². The maximum absolute atomic E-state index is 14.5. The predicted molar refractivity (Wildman–Crippen MR) is 94.6 cm³/mol. The van der Waals surface area contributed by atoms with Gasteiger partial charge in [-0.15, -0.1) is 0 Å². The normalized spacial score (nSPS) is 29.2. The maximum Gasteiger partial charge on any atom is 0.223 e. The monoisotopic (exact) mass is 346 g/mol. The van der Waals surface area contributed by atoms with Gasteiger partial charge < -0.3 is 15.3 Å². The second-order valence-electron chi connectivity index (χ2n) is 8.00. The first-order chi connectivity index (χ1) is 12.1. The Morgan fingerprint density at radius 2 is 2.00 bits per heavy atom. The lowest BCUT2D eigenvalue weighted by Gasteiger charge is -2.31. The first kappa shape index (κ1) is 16.8. The van der Waals surface area contributed by atoms with Crippen molar-refractivity contribution in [2.45, 2.75) is 51.2 Å². The number of hydrogen-bond donors (Lipinski definition) is 2. The molecule has 2 N–H and O–H groups in total. The molecule has 1 aromatic rings. The molecule has 1 heterocycles. The third kappa shape index (κ3) is 3.52. The highest BCUT2D eigenvalue weighted by molar-refractivity contribution is 5.79. The quantitative estimate of drug-likeness (QED) is 0.881. The number of amides is 1. The van der Waals surface area contributed by atoms with Crippen LogP contribution in [-0.2, 0) is 11.3 Å². The van der Waals surface area contributed by atoms with E-state index in [1.54, 1.807) is 6.07 Å². The molecule has 5 heteroatoms. The zero-order chi connectivity index (χ0) is 17.4. The number of aliphatic hydroxyl groups is 1. The van der Waals surface area contributed by atoms with E-state index in [4.69, 9.17) is 0 Å². The second kappa shape index (κ2) is 6.94. The Morgan fingerprint density at radius 3 is 2.64 bits per heavy atom. The molecule has 1 amide bonds. The number of piperidine rings is 1. The molecule has 0 radical (unpaired) electrons. The Morgan fingerprint density at radius 1 is 1.20 bits per heavy atom. The van der Waals surface area contributed by atoms with E-state index in [1.165, 1.54) is 25.3 Å². The van der Waals surface area contributed by atoms with E-state index < -0.39 is 0 Å². The number of aliphatic hydroxyl groups excluding tert-OH is 1. The van der Waals surface area contributed by atoms with Crippen LogP contribution in [0.1, 0.15) is 44.1 Å². The highest BCUT2D eigenvalue weighted by Gasteiger charge is 2.42. The van der Waals surface area contributed by atoms with Gasteiger partial charge in [-0.3, -0.25) is 4.79 Å². The molecule has 25 heavy (non-hydrogen) atoms. The van der Waals surface area contributed by atoms with E-state index in [0.717, 1.165) is 17.9 Å². The fraction of sp³-hybridized carbons (Fsp3) is 0.650. The number of nitrogens with one attached hydrogen (secondary N) is 1. The SMILES string of the molecule is O=C(NCc1ccc(N2CCC(O)CC2)c(F)c1)C1CC2CCC1C2. The molecular weight excluding hydrogens is 319 g/mol. The van der Waals surface area contributed by atoms with Crippen molar-refractivity contribution >= 4 is 11.6 Å². The standard InChI is InChI=1S/C20H27FN2O2/c21-18-11-14(2-4-19(18)23-7-5-16(24)6-8-23)12-22-20(25)17-10-13-1-3-15(17)9-13/h2,4,11,13,15-17,24H,1,3,5-10,12H2,(H,22,25). The summed E-state index contributed by atoms with van der Waals surface area (Å²) in [6.07, 6.45) is 5.82. The van der Waals surface area contributed by atoms with Crippen molar-refractivity contribution in [3.63, 3.8) is 0 Å². The first-order valence-electron chi connectivity index (χ1n) is 9.59. The molecule has 136 valence electrons. The summed E-state index contributed by atoms with van der Waals surface area (Å²) < 4.78 is 14.5. The van der Waals surface area contributed by atoms with Crippen LogP contribution < -0.4 is 10.2 Å². The molecule has 0 spiro atoms. The van der Waals surface area contributed by atoms with Crippen LogP contribution in [0.25, 0.3) is 0 Å². The molecule has 0 aromatic heterocycles. The predicted octanol–water partition coefficient (Wildman–Crippen LogP) is 2.84.